The van der Waals surface area contributed by atoms with E-state index in [1.54, 1.807) is 0 Å². The molecule has 2 rings (SSSR count). The number of hydrogen-bond acceptors (Lipinski definition) is 3. The van der Waals surface area contributed by atoms with Crippen molar-refractivity contribution < 1.29 is 8.78 Å². The highest BCUT2D eigenvalue weighted by Gasteiger charge is 2.20. The zero-order valence-electron chi connectivity index (χ0n) is 7.38. The maximum atomic E-state index is 12.5. The summed E-state index contributed by atoms with van der Waals surface area (Å²) >= 11 is 11.3. The van der Waals surface area contributed by atoms with Crippen molar-refractivity contribution in [2.45, 2.75) is 6.43 Å². The van der Waals surface area contributed by atoms with E-state index in [-0.39, 0.29) is 21.6 Å². The lowest BCUT2D eigenvalue weighted by Gasteiger charge is -2.00. The van der Waals surface area contributed by atoms with Gasteiger partial charge in [-0.05, 0) is 11.6 Å². The first kappa shape index (κ1) is 10.5. The molecule has 0 spiro atoms. The summed E-state index contributed by atoms with van der Waals surface area (Å²) in [6.45, 7) is 0. The molecule has 2 aromatic rings. The van der Waals surface area contributed by atoms with Crippen LogP contribution in [0.5, 0.6) is 0 Å². The fourth-order valence-electron chi connectivity index (χ4n) is 1.25. The molecular formula is C7H4Cl2F2N4. The minimum absolute atomic E-state index is 0.00639. The van der Waals surface area contributed by atoms with Crippen molar-refractivity contribution in [2.24, 2.45) is 7.05 Å². The van der Waals surface area contributed by atoms with Crippen molar-refractivity contribution >= 4 is 34.4 Å². The molecule has 2 heterocycles. The number of aryl methyl sites for hydroxylation is 1. The van der Waals surface area contributed by atoms with Gasteiger partial charge >= 0.3 is 0 Å². The van der Waals surface area contributed by atoms with Crippen LogP contribution in [-0.4, -0.2) is 19.5 Å². The molecule has 0 N–H and O–H groups in total. The van der Waals surface area contributed by atoms with E-state index in [0.717, 1.165) is 4.57 Å². The van der Waals surface area contributed by atoms with Crippen molar-refractivity contribution in [1.82, 2.24) is 19.5 Å². The van der Waals surface area contributed by atoms with E-state index in [9.17, 15) is 8.78 Å². The van der Waals surface area contributed by atoms with Crippen molar-refractivity contribution in [3.8, 4) is 0 Å². The van der Waals surface area contributed by atoms with Gasteiger partial charge in [0, 0.05) is 7.05 Å². The lowest BCUT2D eigenvalue weighted by Crippen LogP contribution is -1.98. The summed E-state index contributed by atoms with van der Waals surface area (Å²) in [5, 5.41) is -0.113. The molecule has 0 saturated carbocycles. The molecule has 0 aromatic carbocycles. The van der Waals surface area contributed by atoms with E-state index < -0.39 is 12.2 Å². The number of halogens is 4. The first-order valence-corrected chi connectivity index (χ1v) is 4.60. The van der Waals surface area contributed by atoms with E-state index in [2.05, 4.69) is 15.0 Å². The molecule has 0 atom stereocenters. The summed E-state index contributed by atoms with van der Waals surface area (Å²) in [5.41, 5.74) is 0.314. The molecule has 0 radical (unpaired) electrons. The van der Waals surface area contributed by atoms with E-state index in [1.165, 1.54) is 7.05 Å². The van der Waals surface area contributed by atoms with Crippen LogP contribution in [0.2, 0.25) is 10.4 Å². The molecule has 0 saturated heterocycles. The Morgan fingerprint density at radius 1 is 1.20 bits per heavy atom. The SMILES string of the molecule is Cn1c(C(F)F)nc2nc(Cl)nc(Cl)c21. The third kappa shape index (κ3) is 1.63. The van der Waals surface area contributed by atoms with E-state index >= 15 is 0 Å². The molecule has 8 heteroatoms. The van der Waals surface area contributed by atoms with Gasteiger partial charge in [0.15, 0.2) is 16.6 Å². The Hall–Kier alpha value is -1.01. The smallest absolute Gasteiger partial charge is 0.295 e. The van der Waals surface area contributed by atoms with Gasteiger partial charge in [-0.3, -0.25) is 0 Å². The van der Waals surface area contributed by atoms with E-state index in [4.69, 9.17) is 23.2 Å². The van der Waals surface area contributed by atoms with Gasteiger partial charge in [0.1, 0.15) is 5.52 Å². The predicted octanol–water partition coefficient (Wildman–Crippen LogP) is 2.61. The third-order valence-electron chi connectivity index (χ3n) is 1.89. The Morgan fingerprint density at radius 2 is 1.87 bits per heavy atom. The average molecular weight is 253 g/mol. The first-order chi connectivity index (χ1) is 7.00. The lowest BCUT2D eigenvalue weighted by atomic mass is 10.5. The van der Waals surface area contributed by atoms with Crippen LogP contribution in [0.1, 0.15) is 12.2 Å². The van der Waals surface area contributed by atoms with Crippen LogP contribution in [0.4, 0.5) is 8.78 Å². The summed E-state index contributed by atoms with van der Waals surface area (Å²) in [4.78, 5) is 11.0. The number of alkyl halides is 2. The Kier molecular flexibility index (Phi) is 2.47. The summed E-state index contributed by atoms with van der Waals surface area (Å²) in [6, 6.07) is 0. The Morgan fingerprint density at radius 3 is 2.47 bits per heavy atom. The highest BCUT2D eigenvalue weighted by molar-refractivity contribution is 6.35. The van der Waals surface area contributed by atoms with Crippen LogP contribution in [-0.2, 0) is 7.05 Å². The number of rotatable bonds is 1. The molecule has 15 heavy (non-hydrogen) atoms. The van der Waals surface area contributed by atoms with Gasteiger partial charge in [0.25, 0.3) is 6.43 Å². The number of hydrogen-bond donors (Lipinski definition) is 0. The Balaban J connectivity index is 2.82. The number of fused-ring (bicyclic) bond motifs is 1. The summed E-state index contributed by atoms with van der Waals surface area (Å²) in [6.07, 6.45) is -2.70. The number of nitrogens with zero attached hydrogens (tertiary/aromatic N) is 4. The molecule has 0 amide bonds. The van der Waals surface area contributed by atoms with Gasteiger partial charge in [0.05, 0.1) is 0 Å². The van der Waals surface area contributed by atoms with Gasteiger partial charge in [-0.25, -0.2) is 18.7 Å². The number of aromatic nitrogens is 4. The zero-order valence-corrected chi connectivity index (χ0v) is 8.89. The predicted molar refractivity (Wildman–Crippen MR) is 51.3 cm³/mol. The maximum Gasteiger partial charge on any atom is 0.295 e. The third-order valence-corrected chi connectivity index (χ3v) is 2.32. The van der Waals surface area contributed by atoms with Crippen molar-refractivity contribution in [1.29, 1.82) is 0 Å². The summed E-state index contributed by atoms with van der Waals surface area (Å²) in [7, 11) is 1.42. The molecule has 0 aliphatic rings. The highest BCUT2D eigenvalue weighted by atomic mass is 35.5. The quantitative estimate of drug-likeness (QED) is 0.579. The molecule has 0 bridgehead atoms. The topological polar surface area (TPSA) is 43.6 Å². The molecule has 4 nitrogen and oxygen atoms in total. The minimum Gasteiger partial charge on any atom is -0.322 e. The van der Waals surface area contributed by atoms with Gasteiger partial charge in [-0.15, -0.1) is 0 Å². The second-order valence-electron chi connectivity index (χ2n) is 2.79. The summed E-state index contributed by atoms with van der Waals surface area (Å²) in [5.74, 6) is -0.413. The largest absolute Gasteiger partial charge is 0.322 e. The first-order valence-electron chi connectivity index (χ1n) is 3.84. The van der Waals surface area contributed by atoms with Crippen molar-refractivity contribution in [3.63, 3.8) is 0 Å². The van der Waals surface area contributed by atoms with E-state index in [0.29, 0.717) is 0 Å². The van der Waals surface area contributed by atoms with Crippen molar-refractivity contribution in [2.75, 3.05) is 0 Å². The fraction of sp³-hybridized carbons (Fsp3) is 0.286. The molecular weight excluding hydrogens is 249 g/mol. The average Bonchev–Trinajstić information content (AvgIpc) is 2.42. The lowest BCUT2D eigenvalue weighted by molar-refractivity contribution is 0.137. The number of imidazole rings is 1. The minimum atomic E-state index is -2.70. The molecule has 2 aromatic heterocycles. The Labute approximate surface area is 92.9 Å². The molecule has 0 aliphatic heterocycles. The molecule has 80 valence electrons. The van der Waals surface area contributed by atoms with Crippen LogP contribution >= 0.6 is 23.2 Å². The molecule has 0 aliphatic carbocycles. The van der Waals surface area contributed by atoms with E-state index in [1.807, 2.05) is 0 Å². The van der Waals surface area contributed by atoms with Crippen LogP contribution < -0.4 is 0 Å². The van der Waals surface area contributed by atoms with Gasteiger partial charge < -0.3 is 4.57 Å². The second kappa shape index (κ2) is 3.53. The second-order valence-corrected chi connectivity index (χ2v) is 3.48. The molecule has 0 unspecified atom stereocenters. The van der Waals surface area contributed by atoms with Gasteiger partial charge in [0.2, 0.25) is 5.28 Å². The van der Waals surface area contributed by atoms with Crippen LogP contribution in [0.3, 0.4) is 0 Å². The van der Waals surface area contributed by atoms with Crippen LogP contribution in [0.25, 0.3) is 11.2 Å². The van der Waals surface area contributed by atoms with Gasteiger partial charge in [-0.2, -0.15) is 4.98 Å². The van der Waals surface area contributed by atoms with Crippen molar-refractivity contribution in [3.05, 3.63) is 16.3 Å². The van der Waals surface area contributed by atoms with Gasteiger partial charge in [-0.1, -0.05) is 11.6 Å². The van der Waals surface area contributed by atoms with Crippen LogP contribution in [0, 0.1) is 0 Å². The maximum absolute atomic E-state index is 12.5. The zero-order chi connectivity index (χ0) is 11.2. The summed E-state index contributed by atoms with van der Waals surface area (Å²) < 4.78 is 26.1. The highest BCUT2D eigenvalue weighted by Crippen LogP contribution is 2.26. The fourth-order valence-corrected chi connectivity index (χ4v) is 1.75. The normalized spacial score (nSPS) is 11.6. The Bertz CT molecular complexity index is 525. The van der Waals surface area contributed by atoms with Crippen LogP contribution in [0.15, 0.2) is 0 Å². The standard InChI is InChI=1S/C7H4Cl2F2N4/c1-15-2-3(8)12-7(9)14-5(2)13-6(15)4(10)11/h4H,1H3. The molecule has 0 fully saturated rings. The monoisotopic (exact) mass is 252 g/mol.